The summed E-state index contributed by atoms with van der Waals surface area (Å²) in [7, 11) is 0. The lowest BCUT2D eigenvalue weighted by Crippen LogP contribution is -2.27. The Morgan fingerprint density at radius 2 is 2.14 bits per heavy atom. The second-order valence-electron chi connectivity index (χ2n) is 4.83. The maximum Gasteiger partial charge on any atom is 0.0537 e. The molecular formula is C11H20N2O. The predicted octanol–water partition coefficient (Wildman–Crippen LogP) is 1.81. The molecule has 0 saturated carbocycles. The molecule has 0 amide bonds. The van der Waals surface area contributed by atoms with Gasteiger partial charge in [0.15, 0.2) is 0 Å². The number of aliphatic hydroxyl groups is 1. The predicted molar refractivity (Wildman–Crippen MR) is 57.2 cm³/mol. The highest BCUT2D eigenvalue weighted by molar-refractivity contribution is 5.13. The van der Waals surface area contributed by atoms with Gasteiger partial charge in [0.2, 0.25) is 0 Å². The van der Waals surface area contributed by atoms with Gasteiger partial charge in [0.1, 0.15) is 0 Å². The Morgan fingerprint density at radius 3 is 2.64 bits per heavy atom. The zero-order valence-corrected chi connectivity index (χ0v) is 9.49. The summed E-state index contributed by atoms with van der Waals surface area (Å²) < 4.78 is 1.99. The molecule has 1 aromatic rings. The molecule has 1 aromatic heterocycles. The molecule has 0 atom stereocenters. The van der Waals surface area contributed by atoms with Crippen molar-refractivity contribution < 1.29 is 5.11 Å². The van der Waals surface area contributed by atoms with E-state index in [0.29, 0.717) is 5.92 Å². The van der Waals surface area contributed by atoms with E-state index < -0.39 is 0 Å². The third-order valence-electron chi connectivity index (χ3n) is 2.34. The Kier molecular flexibility index (Phi) is 3.32. The van der Waals surface area contributed by atoms with Crippen LogP contribution in [0.4, 0.5) is 0 Å². The molecule has 1 N–H and O–H groups in total. The summed E-state index contributed by atoms with van der Waals surface area (Å²) in [6, 6.07) is 1.98. The van der Waals surface area contributed by atoms with Gasteiger partial charge in [-0.15, -0.1) is 0 Å². The number of aromatic nitrogens is 2. The van der Waals surface area contributed by atoms with E-state index in [0.717, 1.165) is 12.2 Å². The van der Waals surface area contributed by atoms with Crippen molar-refractivity contribution in [3.63, 3.8) is 0 Å². The molecule has 1 rings (SSSR count). The largest absolute Gasteiger partial charge is 0.395 e. The molecule has 0 radical (unpaired) electrons. The minimum absolute atomic E-state index is 0.150. The minimum Gasteiger partial charge on any atom is -0.395 e. The van der Waals surface area contributed by atoms with Gasteiger partial charge in [-0.05, 0) is 12.0 Å². The number of hydrogen-bond donors (Lipinski definition) is 1. The van der Waals surface area contributed by atoms with Crippen LogP contribution in [-0.4, -0.2) is 21.5 Å². The van der Waals surface area contributed by atoms with E-state index in [4.69, 9.17) is 0 Å². The molecule has 0 unspecified atom stereocenters. The lowest BCUT2D eigenvalue weighted by molar-refractivity contribution is 0.208. The molecule has 14 heavy (non-hydrogen) atoms. The average Bonchev–Trinajstić information content (AvgIpc) is 2.52. The van der Waals surface area contributed by atoms with Gasteiger partial charge in [0, 0.05) is 23.9 Å². The second-order valence-corrected chi connectivity index (χ2v) is 4.83. The van der Waals surface area contributed by atoms with Crippen LogP contribution < -0.4 is 0 Å². The first-order valence-corrected chi connectivity index (χ1v) is 5.10. The second kappa shape index (κ2) is 4.13. The summed E-state index contributed by atoms with van der Waals surface area (Å²) in [6.45, 7) is 9.44. The van der Waals surface area contributed by atoms with Crippen molar-refractivity contribution in [3.05, 3.63) is 18.0 Å². The summed E-state index contributed by atoms with van der Waals surface area (Å²) in [5.41, 5.74) is 0.902. The van der Waals surface area contributed by atoms with Crippen LogP contribution in [0.3, 0.4) is 0 Å². The van der Waals surface area contributed by atoms with Gasteiger partial charge in [-0.3, -0.25) is 4.68 Å². The maximum absolute atomic E-state index is 9.28. The topological polar surface area (TPSA) is 38.0 Å². The molecule has 3 heteroatoms. The number of rotatable bonds is 4. The fourth-order valence-electron chi connectivity index (χ4n) is 1.48. The van der Waals surface area contributed by atoms with Crippen molar-refractivity contribution in [3.8, 4) is 0 Å². The molecule has 1 heterocycles. The first-order valence-electron chi connectivity index (χ1n) is 5.10. The van der Waals surface area contributed by atoms with Gasteiger partial charge < -0.3 is 5.11 Å². The molecule has 0 saturated heterocycles. The van der Waals surface area contributed by atoms with Gasteiger partial charge in [0.05, 0.1) is 6.61 Å². The van der Waals surface area contributed by atoms with Gasteiger partial charge in [-0.2, -0.15) is 5.10 Å². The van der Waals surface area contributed by atoms with Crippen LogP contribution in [0, 0.1) is 5.92 Å². The molecule has 0 aromatic carbocycles. The molecular weight excluding hydrogens is 176 g/mol. The highest BCUT2D eigenvalue weighted by Gasteiger charge is 2.23. The zero-order chi connectivity index (χ0) is 10.8. The van der Waals surface area contributed by atoms with Gasteiger partial charge in [-0.25, -0.2) is 0 Å². The summed E-state index contributed by atoms with van der Waals surface area (Å²) >= 11 is 0. The SMILES string of the molecule is CC(C)Cn1nccc1C(C)(C)CO. The standard InChI is InChI=1S/C11H20N2O/c1-9(2)7-13-10(5-6-12-13)11(3,4)8-14/h5-6,9,14H,7-8H2,1-4H3. The molecule has 0 aliphatic carbocycles. The van der Waals surface area contributed by atoms with E-state index in [1.54, 1.807) is 6.20 Å². The summed E-state index contributed by atoms with van der Waals surface area (Å²) in [5.74, 6) is 0.572. The van der Waals surface area contributed by atoms with Crippen LogP contribution in [0.1, 0.15) is 33.4 Å². The Bertz CT molecular complexity index is 289. The van der Waals surface area contributed by atoms with Crippen molar-refractivity contribution in [1.82, 2.24) is 9.78 Å². The fraction of sp³-hybridized carbons (Fsp3) is 0.727. The lowest BCUT2D eigenvalue weighted by Gasteiger charge is -2.23. The summed E-state index contributed by atoms with van der Waals surface area (Å²) in [5, 5.41) is 13.6. The van der Waals surface area contributed by atoms with Gasteiger partial charge in [0.25, 0.3) is 0 Å². The Morgan fingerprint density at radius 1 is 1.50 bits per heavy atom. The Balaban J connectivity index is 2.92. The van der Waals surface area contributed by atoms with E-state index >= 15 is 0 Å². The van der Waals surface area contributed by atoms with E-state index in [1.807, 2.05) is 24.6 Å². The summed E-state index contributed by atoms with van der Waals surface area (Å²) in [4.78, 5) is 0. The molecule has 0 bridgehead atoms. The van der Waals surface area contributed by atoms with Crippen LogP contribution in [0.15, 0.2) is 12.3 Å². The van der Waals surface area contributed by atoms with Crippen molar-refractivity contribution in [1.29, 1.82) is 0 Å². The van der Waals surface area contributed by atoms with Crippen molar-refractivity contribution in [2.45, 2.75) is 39.7 Å². The third-order valence-corrected chi connectivity index (χ3v) is 2.34. The quantitative estimate of drug-likeness (QED) is 0.797. The monoisotopic (exact) mass is 196 g/mol. The van der Waals surface area contributed by atoms with E-state index in [2.05, 4.69) is 18.9 Å². The highest BCUT2D eigenvalue weighted by atomic mass is 16.3. The smallest absolute Gasteiger partial charge is 0.0537 e. The molecule has 0 fully saturated rings. The summed E-state index contributed by atoms with van der Waals surface area (Å²) in [6.07, 6.45) is 1.80. The average molecular weight is 196 g/mol. The third kappa shape index (κ3) is 2.35. The molecule has 80 valence electrons. The number of nitrogens with zero attached hydrogens (tertiary/aromatic N) is 2. The van der Waals surface area contributed by atoms with Crippen LogP contribution in [0.2, 0.25) is 0 Å². The van der Waals surface area contributed by atoms with E-state index in [-0.39, 0.29) is 12.0 Å². The van der Waals surface area contributed by atoms with Gasteiger partial charge in [-0.1, -0.05) is 27.7 Å². The first-order chi connectivity index (χ1) is 6.47. The van der Waals surface area contributed by atoms with Crippen LogP contribution in [-0.2, 0) is 12.0 Å². The Labute approximate surface area is 85.8 Å². The Hall–Kier alpha value is -0.830. The van der Waals surface area contributed by atoms with Crippen LogP contribution in [0.25, 0.3) is 0 Å². The van der Waals surface area contributed by atoms with Crippen LogP contribution in [0.5, 0.6) is 0 Å². The van der Waals surface area contributed by atoms with Crippen molar-refractivity contribution >= 4 is 0 Å². The van der Waals surface area contributed by atoms with Crippen molar-refractivity contribution in [2.75, 3.05) is 6.61 Å². The van der Waals surface area contributed by atoms with Crippen LogP contribution >= 0.6 is 0 Å². The maximum atomic E-state index is 9.28. The number of hydrogen-bond acceptors (Lipinski definition) is 2. The van der Waals surface area contributed by atoms with Gasteiger partial charge >= 0.3 is 0 Å². The van der Waals surface area contributed by atoms with Crippen molar-refractivity contribution in [2.24, 2.45) is 5.92 Å². The molecule has 0 aliphatic rings. The zero-order valence-electron chi connectivity index (χ0n) is 9.49. The van der Waals surface area contributed by atoms with E-state index in [1.165, 1.54) is 0 Å². The normalized spacial score (nSPS) is 12.4. The molecule has 0 spiro atoms. The molecule has 0 aliphatic heterocycles. The minimum atomic E-state index is -0.203. The number of aliphatic hydroxyl groups excluding tert-OH is 1. The molecule has 3 nitrogen and oxygen atoms in total. The highest BCUT2D eigenvalue weighted by Crippen LogP contribution is 2.22. The lowest BCUT2D eigenvalue weighted by atomic mass is 9.90. The fourth-order valence-corrected chi connectivity index (χ4v) is 1.48. The van der Waals surface area contributed by atoms with E-state index in [9.17, 15) is 5.11 Å². The first kappa shape index (κ1) is 11.2.